The quantitative estimate of drug-likeness (QED) is 0.116. The zero-order chi connectivity index (χ0) is 25.9. The van der Waals surface area contributed by atoms with Crippen molar-refractivity contribution >= 4 is 34.8 Å². The SMILES string of the molecule is O=C(O)COc1cc([N+](=O)[O-])ccc1N=NC(=NNc1ccccc1OCC(=O)O)c1ccccc1. The van der Waals surface area contributed by atoms with Crippen molar-refractivity contribution in [1.29, 1.82) is 0 Å². The van der Waals surface area contributed by atoms with E-state index in [2.05, 4.69) is 20.8 Å². The first kappa shape index (κ1) is 25.3. The maximum Gasteiger partial charge on any atom is 0.341 e. The lowest BCUT2D eigenvalue weighted by Gasteiger charge is -2.10. The van der Waals surface area contributed by atoms with Crippen molar-refractivity contribution in [3.63, 3.8) is 0 Å². The molecule has 0 spiro atoms. The number of hydrogen-bond acceptors (Lipinski definition) is 9. The van der Waals surface area contributed by atoms with Crippen molar-refractivity contribution in [3.8, 4) is 11.5 Å². The molecule has 0 unspecified atom stereocenters. The van der Waals surface area contributed by atoms with Crippen molar-refractivity contribution < 1.29 is 34.2 Å². The smallest absolute Gasteiger partial charge is 0.341 e. The van der Waals surface area contributed by atoms with E-state index < -0.39 is 30.1 Å². The van der Waals surface area contributed by atoms with Crippen LogP contribution in [0.4, 0.5) is 17.1 Å². The van der Waals surface area contributed by atoms with Crippen molar-refractivity contribution in [3.05, 3.63) is 88.5 Å². The van der Waals surface area contributed by atoms with E-state index in [9.17, 15) is 19.7 Å². The molecule has 0 saturated heterocycles. The predicted octanol–water partition coefficient (Wildman–Crippen LogP) is 4.08. The average Bonchev–Trinajstić information content (AvgIpc) is 2.87. The molecule has 3 N–H and O–H groups in total. The number of nitro groups is 1. The molecule has 0 aliphatic heterocycles. The number of aliphatic carboxylic acids is 2. The third kappa shape index (κ3) is 7.34. The largest absolute Gasteiger partial charge is 0.480 e. The fourth-order valence-corrected chi connectivity index (χ4v) is 2.72. The maximum absolute atomic E-state index is 11.1. The topological polar surface area (TPSA) is 185 Å². The highest BCUT2D eigenvalue weighted by molar-refractivity contribution is 5.99. The highest BCUT2D eigenvalue weighted by Gasteiger charge is 2.14. The van der Waals surface area contributed by atoms with Crippen LogP contribution in [0.25, 0.3) is 0 Å². The molecule has 0 atom stereocenters. The summed E-state index contributed by atoms with van der Waals surface area (Å²) in [6, 6.07) is 18.7. The highest BCUT2D eigenvalue weighted by atomic mass is 16.6. The standard InChI is InChI=1S/C23H19N5O8/c29-21(30)13-35-19-9-5-4-8-17(19)24-26-23(15-6-2-1-3-7-15)27-25-18-11-10-16(28(33)34)12-20(18)36-14-22(31)32/h1-12,24H,13-14H2,(H,29,30)(H,31,32). The molecule has 13 nitrogen and oxygen atoms in total. The normalized spacial score (nSPS) is 11.2. The molecule has 36 heavy (non-hydrogen) atoms. The molecule has 3 rings (SSSR count). The number of nitro benzene ring substituents is 1. The fraction of sp³-hybridized carbons (Fsp3) is 0.0870. The van der Waals surface area contributed by atoms with Gasteiger partial charge in [0, 0.05) is 11.6 Å². The highest BCUT2D eigenvalue weighted by Crippen LogP contribution is 2.32. The molecule has 0 fully saturated rings. The zero-order valence-electron chi connectivity index (χ0n) is 18.5. The molecule has 0 saturated carbocycles. The Bertz CT molecular complexity index is 1310. The number of non-ortho nitro benzene ring substituents is 1. The van der Waals surface area contributed by atoms with Crippen molar-refractivity contribution in [2.24, 2.45) is 15.3 Å². The number of rotatable bonds is 11. The lowest BCUT2D eigenvalue weighted by atomic mass is 10.2. The first-order chi connectivity index (χ1) is 17.3. The number of para-hydroxylation sites is 2. The Morgan fingerprint density at radius 1 is 0.889 bits per heavy atom. The summed E-state index contributed by atoms with van der Waals surface area (Å²) in [5.41, 5.74) is 3.41. The van der Waals surface area contributed by atoms with Gasteiger partial charge in [-0.15, -0.1) is 10.2 Å². The summed E-state index contributed by atoms with van der Waals surface area (Å²) in [5.74, 6) is -2.23. The van der Waals surface area contributed by atoms with Gasteiger partial charge in [0.1, 0.15) is 11.4 Å². The number of anilines is 1. The molecule has 0 amide bonds. The molecule has 13 heteroatoms. The zero-order valence-corrected chi connectivity index (χ0v) is 18.5. The number of nitrogens with zero attached hydrogens (tertiary/aromatic N) is 4. The molecule has 0 aromatic heterocycles. The molecule has 0 aliphatic carbocycles. The Morgan fingerprint density at radius 3 is 2.19 bits per heavy atom. The molecule has 0 aliphatic rings. The fourth-order valence-electron chi connectivity index (χ4n) is 2.72. The van der Waals surface area contributed by atoms with Crippen LogP contribution >= 0.6 is 0 Å². The van der Waals surface area contributed by atoms with Gasteiger partial charge in [-0.25, -0.2) is 9.59 Å². The number of ether oxygens (including phenoxy) is 2. The summed E-state index contributed by atoms with van der Waals surface area (Å²) >= 11 is 0. The number of carboxylic acid groups (broad SMARTS) is 2. The van der Waals surface area contributed by atoms with Gasteiger partial charge in [0.25, 0.3) is 5.69 Å². The van der Waals surface area contributed by atoms with E-state index in [1.165, 1.54) is 12.1 Å². The molecular formula is C23H19N5O8. The first-order valence-corrected chi connectivity index (χ1v) is 10.2. The number of nitrogens with one attached hydrogen (secondary N) is 1. The Hall–Kier alpha value is -5.33. The van der Waals surface area contributed by atoms with Crippen LogP contribution in [0.15, 0.2) is 88.1 Å². The number of carboxylic acids is 2. The molecular weight excluding hydrogens is 474 g/mol. The van der Waals surface area contributed by atoms with Gasteiger partial charge in [-0.05, 0) is 18.2 Å². The van der Waals surface area contributed by atoms with Crippen molar-refractivity contribution in [2.75, 3.05) is 18.6 Å². The van der Waals surface area contributed by atoms with Gasteiger partial charge in [0.2, 0.25) is 5.84 Å². The Morgan fingerprint density at radius 2 is 1.53 bits per heavy atom. The second-order valence-corrected chi connectivity index (χ2v) is 6.88. The van der Waals surface area contributed by atoms with E-state index in [0.717, 1.165) is 6.07 Å². The Labute approximate surface area is 203 Å². The summed E-state index contributed by atoms with van der Waals surface area (Å²) in [7, 11) is 0. The van der Waals surface area contributed by atoms with E-state index in [0.29, 0.717) is 11.3 Å². The van der Waals surface area contributed by atoms with Crippen LogP contribution in [0.5, 0.6) is 11.5 Å². The van der Waals surface area contributed by atoms with Crippen LogP contribution < -0.4 is 14.9 Å². The predicted molar refractivity (Wildman–Crippen MR) is 127 cm³/mol. The van der Waals surface area contributed by atoms with E-state index in [-0.39, 0.29) is 28.7 Å². The number of azo groups is 1. The van der Waals surface area contributed by atoms with E-state index in [1.807, 2.05) is 0 Å². The number of carbonyl (C=O) groups is 2. The maximum atomic E-state index is 11.1. The first-order valence-electron chi connectivity index (χ1n) is 10.2. The lowest BCUT2D eigenvalue weighted by molar-refractivity contribution is -0.384. The molecule has 3 aromatic carbocycles. The summed E-state index contributed by atoms with van der Waals surface area (Å²) in [6.45, 7) is -1.29. The van der Waals surface area contributed by atoms with Gasteiger partial charge in [0.05, 0.1) is 16.7 Å². The van der Waals surface area contributed by atoms with Crippen molar-refractivity contribution in [2.45, 2.75) is 0 Å². The minimum atomic E-state index is -1.27. The summed E-state index contributed by atoms with van der Waals surface area (Å²) < 4.78 is 10.4. The molecule has 0 radical (unpaired) electrons. The van der Waals surface area contributed by atoms with Crippen LogP contribution in [-0.2, 0) is 9.59 Å². The summed E-state index contributed by atoms with van der Waals surface area (Å²) in [6.07, 6.45) is 0. The number of benzene rings is 3. The summed E-state index contributed by atoms with van der Waals surface area (Å²) in [5, 5.41) is 41.3. The second-order valence-electron chi connectivity index (χ2n) is 6.88. The van der Waals surface area contributed by atoms with Crippen molar-refractivity contribution in [1.82, 2.24) is 0 Å². The van der Waals surface area contributed by atoms with Gasteiger partial charge in [-0.2, -0.15) is 5.10 Å². The van der Waals surface area contributed by atoms with E-state index >= 15 is 0 Å². The third-order valence-electron chi connectivity index (χ3n) is 4.31. The number of hydrogen-bond donors (Lipinski definition) is 3. The van der Waals surface area contributed by atoms with Crippen LogP contribution in [0.1, 0.15) is 5.56 Å². The Kier molecular flexibility index (Phi) is 8.59. The Balaban J connectivity index is 1.94. The van der Waals surface area contributed by atoms with Gasteiger partial charge in [0.15, 0.2) is 19.0 Å². The molecule has 3 aromatic rings. The van der Waals surface area contributed by atoms with E-state index in [4.69, 9.17) is 19.7 Å². The van der Waals surface area contributed by atoms with Crippen LogP contribution in [0, 0.1) is 10.1 Å². The van der Waals surface area contributed by atoms with Crippen LogP contribution in [0.2, 0.25) is 0 Å². The van der Waals surface area contributed by atoms with E-state index in [1.54, 1.807) is 54.6 Å². The lowest BCUT2D eigenvalue weighted by Crippen LogP contribution is -2.10. The average molecular weight is 493 g/mol. The molecule has 184 valence electrons. The van der Waals surface area contributed by atoms with Gasteiger partial charge in [-0.1, -0.05) is 42.5 Å². The minimum absolute atomic E-state index is 0.0377. The van der Waals surface area contributed by atoms with Gasteiger partial charge < -0.3 is 19.7 Å². The van der Waals surface area contributed by atoms with Crippen LogP contribution in [0.3, 0.4) is 0 Å². The third-order valence-corrected chi connectivity index (χ3v) is 4.31. The van der Waals surface area contributed by atoms with Gasteiger partial charge >= 0.3 is 11.9 Å². The van der Waals surface area contributed by atoms with Gasteiger partial charge in [-0.3, -0.25) is 15.5 Å². The number of hydrazone groups is 1. The monoisotopic (exact) mass is 493 g/mol. The van der Waals surface area contributed by atoms with Crippen LogP contribution in [-0.4, -0.2) is 46.1 Å². The summed E-state index contributed by atoms with van der Waals surface area (Å²) in [4.78, 5) is 32.2. The number of amidine groups is 1. The molecule has 0 heterocycles. The second kappa shape index (κ2) is 12.2. The molecule has 0 bridgehead atoms. The minimum Gasteiger partial charge on any atom is -0.480 e.